The molecule has 0 aromatic rings. The summed E-state index contributed by atoms with van der Waals surface area (Å²) in [6.45, 7) is 11.9. The summed E-state index contributed by atoms with van der Waals surface area (Å²) in [5, 5.41) is 10.6. The van der Waals surface area contributed by atoms with Gasteiger partial charge >= 0.3 is 39.5 Å². The van der Waals surface area contributed by atoms with Crippen LogP contribution in [0.15, 0.2) is 0 Å². The molecule has 0 saturated heterocycles. The SMILES string of the molecule is CCCCCCCCCCCCCCCCCCC(=O)OC[C@H](COP(=O)(O)OC[C@@H](O)COP(=O)(O)OC[C@@H](COC(=O)CCCCCCCCC(C)CC)OC(=O)CCCCCCCCCCCCCCC(C)C)OC(=O)CCCCCCCCCCCCCCCCC(C)C. The molecule has 0 rings (SSSR count). The Bertz CT molecular complexity index is 1910. The number of carbonyl (C=O) groups excluding carboxylic acids is 4. The number of aliphatic hydroxyl groups is 1. The average Bonchev–Trinajstić information content (AvgIpc) is 0.998. The van der Waals surface area contributed by atoms with Gasteiger partial charge in [0.15, 0.2) is 12.2 Å². The molecule has 19 heteroatoms. The zero-order chi connectivity index (χ0) is 72.3. The molecule has 0 aliphatic rings. The molecule has 0 spiro atoms. The quantitative estimate of drug-likeness (QED) is 0.0222. The third kappa shape index (κ3) is 71.1. The summed E-state index contributed by atoms with van der Waals surface area (Å²) in [6.07, 6.45) is 56.8. The second-order valence-electron chi connectivity index (χ2n) is 29.6. The van der Waals surface area contributed by atoms with Gasteiger partial charge in [-0.2, -0.15) is 0 Å². The Hall–Kier alpha value is -1.94. The molecular weight excluding hydrogens is 1280 g/mol. The van der Waals surface area contributed by atoms with E-state index in [0.717, 1.165) is 114 Å². The molecule has 0 amide bonds. The van der Waals surface area contributed by atoms with Crippen LogP contribution in [0, 0.1) is 17.8 Å². The number of phosphoric acid groups is 2. The first-order valence-corrected chi connectivity index (χ1v) is 43.9. The lowest BCUT2D eigenvalue weighted by Crippen LogP contribution is -2.30. The highest BCUT2D eigenvalue weighted by atomic mass is 31.2. The standard InChI is InChI=1S/C79H154O17P2/c1-8-10-11-12-13-14-15-16-17-18-22-28-33-38-46-53-60-76(81)89-66-74(95-78(83)62-55-48-39-34-29-23-20-19-21-26-31-36-43-50-57-70(3)4)68-93-97(85,86)91-64-73(80)65-92-98(87,88)94-69-75(67-90-77(82)61-54-47-42-41-45-52-59-72(7)9-2)96-79(84)63-56-49-40-35-30-25-24-27-32-37-44-51-58-71(5)6/h70-75,80H,8-69H2,1-7H3,(H,85,86)(H,87,88)/t72?,73-,74-,75-/m1/s1. The highest BCUT2D eigenvalue weighted by molar-refractivity contribution is 7.47. The van der Waals surface area contributed by atoms with E-state index in [1.165, 1.54) is 212 Å². The number of phosphoric ester groups is 2. The van der Waals surface area contributed by atoms with Gasteiger partial charge in [-0.25, -0.2) is 9.13 Å². The fraction of sp³-hybridized carbons (Fsp3) is 0.949. The van der Waals surface area contributed by atoms with E-state index < -0.39 is 97.5 Å². The molecule has 0 heterocycles. The number of aliphatic hydroxyl groups excluding tert-OH is 1. The van der Waals surface area contributed by atoms with Crippen LogP contribution in [-0.4, -0.2) is 96.7 Å². The van der Waals surface area contributed by atoms with Crippen molar-refractivity contribution in [3.8, 4) is 0 Å². The smallest absolute Gasteiger partial charge is 0.462 e. The summed E-state index contributed by atoms with van der Waals surface area (Å²) in [5.74, 6) is 0.189. The van der Waals surface area contributed by atoms with Crippen molar-refractivity contribution < 1.29 is 80.2 Å². The van der Waals surface area contributed by atoms with Crippen LogP contribution in [0.25, 0.3) is 0 Å². The van der Waals surface area contributed by atoms with Gasteiger partial charge in [0.05, 0.1) is 26.4 Å². The van der Waals surface area contributed by atoms with Crippen molar-refractivity contribution in [2.75, 3.05) is 39.6 Å². The van der Waals surface area contributed by atoms with Crippen LogP contribution in [0.3, 0.4) is 0 Å². The van der Waals surface area contributed by atoms with Gasteiger partial charge in [-0.05, 0) is 43.4 Å². The van der Waals surface area contributed by atoms with Crippen molar-refractivity contribution in [3.63, 3.8) is 0 Å². The number of hydrogen-bond acceptors (Lipinski definition) is 15. The number of unbranched alkanes of at least 4 members (excludes halogenated alkanes) is 44. The Morgan fingerprint density at radius 3 is 0.776 bits per heavy atom. The highest BCUT2D eigenvalue weighted by Crippen LogP contribution is 2.45. The van der Waals surface area contributed by atoms with Gasteiger partial charge in [-0.1, -0.05) is 357 Å². The second-order valence-corrected chi connectivity index (χ2v) is 32.6. The summed E-state index contributed by atoms with van der Waals surface area (Å²) >= 11 is 0. The van der Waals surface area contributed by atoms with Gasteiger partial charge < -0.3 is 33.8 Å². The minimum absolute atomic E-state index is 0.106. The summed E-state index contributed by atoms with van der Waals surface area (Å²) in [5.41, 5.74) is 0. The first kappa shape index (κ1) is 96.1. The average molecular weight is 1440 g/mol. The molecule has 0 radical (unpaired) electrons. The molecule has 0 bridgehead atoms. The molecule has 0 fully saturated rings. The van der Waals surface area contributed by atoms with Gasteiger partial charge in [-0.3, -0.25) is 37.3 Å². The minimum Gasteiger partial charge on any atom is -0.462 e. The van der Waals surface area contributed by atoms with Crippen LogP contribution >= 0.6 is 15.6 Å². The lowest BCUT2D eigenvalue weighted by atomic mass is 10.00. The second kappa shape index (κ2) is 69.4. The van der Waals surface area contributed by atoms with Gasteiger partial charge in [0.1, 0.15) is 19.3 Å². The van der Waals surface area contributed by atoms with Crippen molar-refractivity contribution in [1.29, 1.82) is 0 Å². The van der Waals surface area contributed by atoms with E-state index in [-0.39, 0.29) is 25.7 Å². The molecule has 3 N–H and O–H groups in total. The molecule has 0 aliphatic heterocycles. The molecule has 3 unspecified atom stereocenters. The topological polar surface area (TPSA) is 237 Å². The first-order chi connectivity index (χ1) is 47.3. The summed E-state index contributed by atoms with van der Waals surface area (Å²) in [6, 6.07) is 0. The van der Waals surface area contributed by atoms with E-state index in [1.807, 2.05) is 0 Å². The number of rotatable bonds is 77. The summed E-state index contributed by atoms with van der Waals surface area (Å²) < 4.78 is 68.7. The van der Waals surface area contributed by atoms with E-state index in [2.05, 4.69) is 48.5 Å². The van der Waals surface area contributed by atoms with Crippen LogP contribution in [0.4, 0.5) is 0 Å². The Morgan fingerprint density at radius 2 is 0.520 bits per heavy atom. The van der Waals surface area contributed by atoms with Gasteiger partial charge in [-0.15, -0.1) is 0 Å². The van der Waals surface area contributed by atoms with Crippen LogP contribution in [0.1, 0.15) is 408 Å². The summed E-state index contributed by atoms with van der Waals surface area (Å²) in [7, 11) is -9.92. The Morgan fingerprint density at radius 1 is 0.296 bits per heavy atom. The Balaban J connectivity index is 5.25. The van der Waals surface area contributed by atoms with E-state index in [9.17, 15) is 43.2 Å². The molecule has 0 aliphatic carbocycles. The third-order valence-corrected chi connectivity index (χ3v) is 20.6. The Kier molecular flexibility index (Phi) is 68.1. The van der Waals surface area contributed by atoms with E-state index in [4.69, 9.17) is 37.0 Å². The van der Waals surface area contributed by atoms with Gasteiger partial charge in [0.25, 0.3) is 0 Å². The van der Waals surface area contributed by atoms with Gasteiger partial charge in [0, 0.05) is 25.7 Å². The lowest BCUT2D eigenvalue weighted by Gasteiger charge is -2.21. The predicted molar refractivity (Wildman–Crippen MR) is 400 cm³/mol. The van der Waals surface area contributed by atoms with Crippen molar-refractivity contribution in [2.24, 2.45) is 17.8 Å². The fourth-order valence-corrected chi connectivity index (χ4v) is 13.7. The Labute approximate surface area is 600 Å². The molecular formula is C79H154O17P2. The number of esters is 4. The van der Waals surface area contributed by atoms with Crippen LogP contribution < -0.4 is 0 Å². The van der Waals surface area contributed by atoms with Crippen LogP contribution in [-0.2, 0) is 65.4 Å². The monoisotopic (exact) mass is 1440 g/mol. The molecule has 0 aromatic carbocycles. The van der Waals surface area contributed by atoms with Crippen LogP contribution in [0.2, 0.25) is 0 Å². The predicted octanol–water partition coefficient (Wildman–Crippen LogP) is 23.4. The highest BCUT2D eigenvalue weighted by Gasteiger charge is 2.30. The zero-order valence-corrected chi connectivity index (χ0v) is 66.0. The van der Waals surface area contributed by atoms with Crippen LogP contribution in [0.5, 0.6) is 0 Å². The number of ether oxygens (including phenoxy) is 4. The number of hydrogen-bond donors (Lipinski definition) is 3. The third-order valence-electron chi connectivity index (χ3n) is 18.7. The van der Waals surface area contributed by atoms with Crippen molar-refractivity contribution in [1.82, 2.24) is 0 Å². The molecule has 98 heavy (non-hydrogen) atoms. The maximum absolute atomic E-state index is 13.1. The molecule has 0 saturated carbocycles. The molecule has 0 aromatic heterocycles. The van der Waals surface area contributed by atoms with Crippen molar-refractivity contribution in [2.45, 2.75) is 426 Å². The molecule has 6 atom stereocenters. The minimum atomic E-state index is -4.96. The summed E-state index contributed by atoms with van der Waals surface area (Å²) in [4.78, 5) is 73.0. The van der Waals surface area contributed by atoms with E-state index in [1.54, 1.807) is 0 Å². The maximum Gasteiger partial charge on any atom is 0.472 e. The maximum atomic E-state index is 13.1. The molecule has 582 valence electrons. The lowest BCUT2D eigenvalue weighted by molar-refractivity contribution is -0.161. The van der Waals surface area contributed by atoms with Gasteiger partial charge in [0.2, 0.25) is 0 Å². The van der Waals surface area contributed by atoms with Crippen molar-refractivity contribution >= 4 is 39.5 Å². The largest absolute Gasteiger partial charge is 0.472 e. The first-order valence-electron chi connectivity index (χ1n) is 40.9. The normalized spacial score (nSPS) is 14.3. The van der Waals surface area contributed by atoms with Crippen molar-refractivity contribution in [3.05, 3.63) is 0 Å². The molecule has 17 nitrogen and oxygen atoms in total. The van der Waals surface area contributed by atoms with E-state index in [0.29, 0.717) is 25.7 Å². The van der Waals surface area contributed by atoms with E-state index >= 15 is 0 Å². The zero-order valence-electron chi connectivity index (χ0n) is 64.3. The fourth-order valence-electron chi connectivity index (χ4n) is 12.1. The number of carbonyl (C=O) groups is 4.